The first-order valence-electron chi connectivity index (χ1n) is 11.3. The fourth-order valence-corrected chi connectivity index (χ4v) is 6.05. The van der Waals surface area contributed by atoms with Gasteiger partial charge in [0.1, 0.15) is 6.04 Å². The van der Waals surface area contributed by atoms with E-state index in [-0.39, 0.29) is 12.1 Å². The van der Waals surface area contributed by atoms with Crippen molar-refractivity contribution >= 4 is 61.9 Å². The number of aromatic nitrogens is 2. The molecule has 2 atom stereocenters. The molecule has 1 fully saturated rings. The number of aryl methyl sites for hydroxylation is 1. The van der Waals surface area contributed by atoms with E-state index in [4.69, 9.17) is 35.4 Å². The van der Waals surface area contributed by atoms with Crippen molar-refractivity contribution in [3.63, 3.8) is 0 Å². The molecule has 0 unspecified atom stereocenters. The number of anilines is 2. The van der Waals surface area contributed by atoms with Crippen molar-refractivity contribution in [1.82, 2.24) is 14.9 Å². The van der Waals surface area contributed by atoms with Crippen LogP contribution >= 0.6 is 35.4 Å². The molecule has 0 aliphatic carbocycles. The number of halogens is 2. The van der Waals surface area contributed by atoms with Crippen LogP contribution in [0, 0.1) is 6.92 Å². The normalized spacial score (nSPS) is 17.6. The van der Waals surface area contributed by atoms with Crippen LogP contribution in [-0.2, 0) is 10.0 Å². The second kappa shape index (κ2) is 9.98. The Balaban J connectivity index is 1.65. The molecule has 2 aromatic heterocycles. The molecular formula is C26H23Cl2N5O2S2. The van der Waals surface area contributed by atoms with Gasteiger partial charge in [0.2, 0.25) is 10.0 Å². The lowest BCUT2D eigenvalue weighted by atomic mass is 10.0. The molecule has 4 aromatic rings. The van der Waals surface area contributed by atoms with Gasteiger partial charge in [-0.15, -0.1) is 0 Å². The van der Waals surface area contributed by atoms with Gasteiger partial charge < -0.3 is 14.8 Å². The highest BCUT2D eigenvalue weighted by atomic mass is 35.5. The molecule has 0 bridgehead atoms. The third-order valence-corrected chi connectivity index (χ3v) is 7.58. The summed E-state index contributed by atoms with van der Waals surface area (Å²) in [6.45, 7) is 1.85. The standard InChI is InChI=1S/C26H23Cl2N5O2S2/c1-16-14-18(9-10-20(16)31-37(2,34)35)33-25(24(30-26(33)36)21-6-3-4-12-29-21)23-7-5-13-32(23)22-11-8-17(27)15-19(22)28/h3-15,24-25,31H,1-2H3,(H,30,36)/t24-,25-/m0/s1. The lowest BCUT2D eigenvalue weighted by Gasteiger charge is -2.29. The molecule has 5 rings (SSSR count). The van der Waals surface area contributed by atoms with E-state index >= 15 is 0 Å². The molecule has 2 N–H and O–H groups in total. The van der Waals surface area contributed by atoms with Crippen molar-refractivity contribution in [2.24, 2.45) is 0 Å². The molecule has 0 spiro atoms. The number of nitrogens with one attached hydrogen (secondary N) is 2. The molecule has 0 amide bonds. The number of rotatable bonds is 6. The number of thiocarbonyl (C=S) groups is 1. The second-order valence-corrected chi connectivity index (χ2v) is 11.7. The summed E-state index contributed by atoms with van der Waals surface area (Å²) in [4.78, 5) is 6.64. The van der Waals surface area contributed by atoms with E-state index in [0.717, 1.165) is 34.6 Å². The fraction of sp³-hybridized carbons (Fsp3) is 0.154. The van der Waals surface area contributed by atoms with Gasteiger partial charge in [-0.05, 0) is 85.4 Å². The molecule has 3 heterocycles. The predicted molar refractivity (Wildman–Crippen MR) is 153 cm³/mol. The summed E-state index contributed by atoms with van der Waals surface area (Å²) in [5.41, 5.74) is 4.64. The summed E-state index contributed by atoms with van der Waals surface area (Å²) in [5, 5.41) is 5.05. The number of hydrogen-bond acceptors (Lipinski definition) is 4. The average Bonchev–Trinajstić information content (AvgIpc) is 3.44. The van der Waals surface area contributed by atoms with Crippen molar-refractivity contribution in [3.05, 3.63) is 106 Å². The Labute approximate surface area is 231 Å². The summed E-state index contributed by atoms with van der Waals surface area (Å²) >= 11 is 18.6. The van der Waals surface area contributed by atoms with E-state index in [1.165, 1.54) is 0 Å². The largest absolute Gasteiger partial charge is 0.351 e. The van der Waals surface area contributed by atoms with Gasteiger partial charge in [-0.2, -0.15) is 0 Å². The molecule has 0 radical (unpaired) electrons. The van der Waals surface area contributed by atoms with Crippen LogP contribution < -0.4 is 14.9 Å². The first-order valence-corrected chi connectivity index (χ1v) is 14.4. The lowest BCUT2D eigenvalue weighted by molar-refractivity contribution is 0.549. The minimum absolute atomic E-state index is 0.262. The van der Waals surface area contributed by atoms with E-state index in [1.807, 2.05) is 71.1 Å². The van der Waals surface area contributed by atoms with Gasteiger partial charge in [0.05, 0.1) is 34.4 Å². The topological polar surface area (TPSA) is 79.3 Å². The Bertz CT molecular complexity index is 1590. The van der Waals surface area contributed by atoms with Crippen LogP contribution in [0.5, 0.6) is 0 Å². The van der Waals surface area contributed by atoms with E-state index in [1.54, 1.807) is 24.4 Å². The summed E-state index contributed by atoms with van der Waals surface area (Å²) < 4.78 is 28.2. The van der Waals surface area contributed by atoms with Crippen molar-refractivity contribution in [3.8, 4) is 5.69 Å². The molecule has 37 heavy (non-hydrogen) atoms. The van der Waals surface area contributed by atoms with Gasteiger partial charge in [-0.1, -0.05) is 29.3 Å². The maximum Gasteiger partial charge on any atom is 0.229 e. The monoisotopic (exact) mass is 571 g/mol. The SMILES string of the molecule is Cc1cc(N2C(=S)N[C@@H](c3ccccn3)[C@@H]2c2cccn2-c2ccc(Cl)cc2Cl)ccc1NS(C)(=O)=O. The van der Waals surface area contributed by atoms with Crippen molar-refractivity contribution in [2.75, 3.05) is 15.9 Å². The highest BCUT2D eigenvalue weighted by molar-refractivity contribution is 7.92. The third-order valence-electron chi connectivity index (χ3n) is 6.13. The smallest absolute Gasteiger partial charge is 0.229 e. The average molecular weight is 573 g/mol. The van der Waals surface area contributed by atoms with Crippen LogP contribution in [0.2, 0.25) is 10.0 Å². The van der Waals surface area contributed by atoms with Gasteiger partial charge >= 0.3 is 0 Å². The van der Waals surface area contributed by atoms with Crippen LogP contribution in [0.25, 0.3) is 5.69 Å². The molecule has 0 saturated carbocycles. The zero-order chi connectivity index (χ0) is 26.3. The van der Waals surface area contributed by atoms with Crippen LogP contribution in [0.4, 0.5) is 11.4 Å². The van der Waals surface area contributed by atoms with E-state index < -0.39 is 10.0 Å². The second-order valence-electron chi connectivity index (χ2n) is 8.77. The summed E-state index contributed by atoms with van der Waals surface area (Å²) in [7, 11) is -3.41. The quantitative estimate of drug-likeness (QED) is 0.275. The van der Waals surface area contributed by atoms with E-state index in [9.17, 15) is 8.42 Å². The number of sulfonamides is 1. The minimum atomic E-state index is -3.41. The van der Waals surface area contributed by atoms with Gasteiger partial charge in [0.25, 0.3) is 0 Å². The number of pyridine rings is 1. The molecule has 1 aliphatic heterocycles. The summed E-state index contributed by atoms with van der Waals surface area (Å²) in [6.07, 6.45) is 4.83. The lowest BCUT2D eigenvalue weighted by Crippen LogP contribution is -2.30. The molecule has 190 valence electrons. The van der Waals surface area contributed by atoms with Crippen LogP contribution in [0.15, 0.2) is 79.1 Å². The van der Waals surface area contributed by atoms with Crippen molar-refractivity contribution in [2.45, 2.75) is 19.0 Å². The van der Waals surface area contributed by atoms with Gasteiger partial charge in [0, 0.05) is 28.8 Å². The maximum absolute atomic E-state index is 11.8. The van der Waals surface area contributed by atoms with Gasteiger partial charge in [0.15, 0.2) is 5.11 Å². The number of hydrogen-bond donors (Lipinski definition) is 2. The molecule has 1 aliphatic rings. The first-order chi connectivity index (χ1) is 17.6. The summed E-state index contributed by atoms with van der Waals surface area (Å²) in [5.74, 6) is 0. The number of benzene rings is 2. The zero-order valence-corrected chi connectivity index (χ0v) is 23.0. The van der Waals surface area contributed by atoms with Gasteiger partial charge in [-0.25, -0.2) is 8.42 Å². The minimum Gasteiger partial charge on any atom is -0.351 e. The fourth-order valence-electron chi connectivity index (χ4n) is 4.58. The molecule has 2 aromatic carbocycles. The highest BCUT2D eigenvalue weighted by Gasteiger charge is 2.42. The molecular weight excluding hydrogens is 549 g/mol. The van der Waals surface area contributed by atoms with Crippen LogP contribution in [-0.4, -0.2) is 29.3 Å². The van der Waals surface area contributed by atoms with E-state index in [0.29, 0.717) is 20.8 Å². The predicted octanol–water partition coefficient (Wildman–Crippen LogP) is 6.04. The van der Waals surface area contributed by atoms with Crippen molar-refractivity contribution < 1.29 is 8.42 Å². The number of nitrogens with zero attached hydrogens (tertiary/aromatic N) is 3. The zero-order valence-electron chi connectivity index (χ0n) is 19.9. The Hall–Kier alpha value is -3.11. The van der Waals surface area contributed by atoms with Crippen LogP contribution in [0.1, 0.15) is 29.0 Å². The Morgan fingerprint density at radius 3 is 2.54 bits per heavy atom. The third kappa shape index (κ3) is 5.17. The summed E-state index contributed by atoms with van der Waals surface area (Å²) in [6, 6.07) is 20.1. The Kier molecular flexibility index (Phi) is 6.89. The first kappa shape index (κ1) is 25.5. The Morgan fingerprint density at radius 1 is 1.05 bits per heavy atom. The van der Waals surface area contributed by atoms with Crippen molar-refractivity contribution in [1.29, 1.82) is 0 Å². The highest BCUT2D eigenvalue weighted by Crippen LogP contribution is 2.43. The van der Waals surface area contributed by atoms with Crippen LogP contribution in [0.3, 0.4) is 0 Å². The Morgan fingerprint density at radius 2 is 1.86 bits per heavy atom. The van der Waals surface area contributed by atoms with E-state index in [2.05, 4.69) is 15.0 Å². The molecule has 11 heteroatoms. The maximum atomic E-state index is 11.8. The van der Waals surface area contributed by atoms with Gasteiger partial charge in [-0.3, -0.25) is 9.71 Å². The molecule has 7 nitrogen and oxygen atoms in total. The molecule has 1 saturated heterocycles.